The zero-order chi connectivity index (χ0) is 12.9. The van der Waals surface area contributed by atoms with E-state index in [1.54, 1.807) is 29.7 Å². The average Bonchev–Trinajstić information content (AvgIpc) is 2.27. The molecular formula is C12H18N2OS2. The summed E-state index contributed by atoms with van der Waals surface area (Å²) in [5.74, 6) is 1.06. The van der Waals surface area contributed by atoms with E-state index in [-0.39, 0.29) is 10.7 Å². The lowest BCUT2D eigenvalue weighted by Crippen LogP contribution is -2.19. The first-order valence-electron chi connectivity index (χ1n) is 5.34. The lowest BCUT2D eigenvalue weighted by atomic mass is 10.3. The Kier molecular flexibility index (Phi) is 5.33. The van der Waals surface area contributed by atoms with Gasteiger partial charge in [-0.25, -0.2) is 4.98 Å². The number of carbonyl (C=O) groups is 1. The molecule has 1 N–H and O–H groups in total. The number of nitrogens with zero attached hydrogens (tertiary/aromatic N) is 1. The van der Waals surface area contributed by atoms with Gasteiger partial charge >= 0.3 is 0 Å². The quantitative estimate of drug-likeness (QED) is 0.853. The average molecular weight is 270 g/mol. The van der Waals surface area contributed by atoms with Gasteiger partial charge in [0.25, 0.3) is 0 Å². The molecule has 0 radical (unpaired) electrons. The van der Waals surface area contributed by atoms with E-state index in [0.29, 0.717) is 11.6 Å². The normalized spacial score (nSPS) is 11.3. The highest BCUT2D eigenvalue weighted by Gasteiger charge is 2.13. The SMILES string of the molecule is CSc1ccc(NC(=O)CSC(C)(C)C)nc1. The Labute approximate surface area is 111 Å². The van der Waals surface area contributed by atoms with Crippen molar-refractivity contribution in [3.63, 3.8) is 0 Å². The van der Waals surface area contributed by atoms with Crippen LogP contribution in [0.1, 0.15) is 20.8 Å². The van der Waals surface area contributed by atoms with Gasteiger partial charge in [0.05, 0.1) is 5.75 Å². The van der Waals surface area contributed by atoms with Gasteiger partial charge in [-0.3, -0.25) is 4.79 Å². The van der Waals surface area contributed by atoms with Gasteiger partial charge in [-0.15, -0.1) is 23.5 Å². The molecule has 0 aliphatic carbocycles. The highest BCUT2D eigenvalue weighted by molar-refractivity contribution is 8.01. The molecule has 0 aromatic carbocycles. The van der Waals surface area contributed by atoms with E-state index in [9.17, 15) is 4.79 Å². The first-order valence-corrected chi connectivity index (χ1v) is 7.55. The Morgan fingerprint density at radius 2 is 2.12 bits per heavy atom. The van der Waals surface area contributed by atoms with E-state index in [4.69, 9.17) is 0 Å². The van der Waals surface area contributed by atoms with Crippen LogP contribution < -0.4 is 5.32 Å². The summed E-state index contributed by atoms with van der Waals surface area (Å²) in [5.41, 5.74) is 0. The van der Waals surface area contributed by atoms with Gasteiger partial charge in [-0.2, -0.15) is 0 Å². The van der Waals surface area contributed by atoms with Crippen LogP contribution in [0.2, 0.25) is 0 Å². The molecule has 17 heavy (non-hydrogen) atoms. The van der Waals surface area contributed by atoms with Gasteiger partial charge in [-0.05, 0) is 18.4 Å². The Morgan fingerprint density at radius 1 is 1.41 bits per heavy atom. The Hall–Kier alpha value is -0.680. The standard InChI is InChI=1S/C12H18N2OS2/c1-12(2,3)17-8-11(15)14-10-6-5-9(16-4)7-13-10/h5-7H,8H2,1-4H3,(H,13,14,15). The summed E-state index contributed by atoms with van der Waals surface area (Å²) in [4.78, 5) is 16.9. The third-order valence-corrected chi connectivity index (χ3v) is 3.86. The molecular weight excluding hydrogens is 252 g/mol. The molecule has 0 saturated carbocycles. The minimum Gasteiger partial charge on any atom is -0.310 e. The first kappa shape index (κ1) is 14.4. The van der Waals surface area contributed by atoms with Crippen LogP contribution in [-0.4, -0.2) is 27.6 Å². The number of rotatable bonds is 4. The van der Waals surface area contributed by atoms with Gasteiger partial charge in [0, 0.05) is 15.8 Å². The number of pyridine rings is 1. The van der Waals surface area contributed by atoms with Crippen molar-refractivity contribution in [1.82, 2.24) is 4.98 Å². The Bertz CT molecular complexity index is 371. The second kappa shape index (κ2) is 6.31. The van der Waals surface area contributed by atoms with Crippen LogP contribution in [0.5, 0.6) is 0 Å². The van der Waals surface area contributed by atoms with Crippen molar-refractivity contribution in [3.8, 4) is 0 Å². The van der Waals surface area contributed by atoms with Crippen LogP contribution in [0.3, 0.4) is 0 Å². The summed E-state index contributed by atoms with van der Waals surface area (Å²) in [7, 11) is 0. The molecule has 0 fully saturated rings. The molecule has 0 saturated heterocycles. The highest BCUT2D eigenvalue weighted by Crippen LogP contribution is 2.23. The zero-order valence-electron chi connectivity index (χ0n) is 10.6. The summed E-state index contributed by atoms with van der Waals surface area (Å²) in [5, 5.41) is 2.79. The summed E-state index contributed by atoms with van der Waals surface area (Å²) in [6.45, 7) is 6.28. The van der Waals surface area contributed by atoms with Crippen molar-refractivity contribution < 1.29 is 4.79 Å². The van der Waals surface area contributed by atoms with Gasteiger partial charge in [0.15, 0.2) is 0 Å². The number of thioether (sulfide) groups is 2. The predicted octanol–water partition coefficient (Wildman–Crippen LogP) is 3.27. The summed E-state index contributed by atoms with van der Waals surface area (Å²) >= 11 is 3.26. The summed E-state index contributed by atoms with van der Waals surface area (Å²) < 4.78 is 0.105. The van der Waals surface area contributed by atoms with Crippen LogP contribution in [0.25, 0.3) is 0 Å². The van der Waals surface area contributed by atoms with Crippen molar-refractivity contribution in [2.24, 2.45) is 0 Å². The number of hydrogen-bond acceptors (Lipinski definition) is 4. The van der Waals surface area contributed by atoms with Crippen molar-refractivity contribution in [2.75, 3.05) is 17.3 Å². The van der Waals surface area contributed by atoms with Crippen LogP contribution in [0.4, 0.5) is 5.82 Å². The fourth-order valence-electron chi connectivity index (χ4n) is 1.04. The number of carbonyl (C=O) groups excluding carboxylic acids is 1. The first-order chi connectivity index (χ1) is 7.90. The molecule has 0 bridgehead atoms. The third kappa shape index (κ3) is 5.98. The predicted molar refractivity (Wildman–Crippen MR) is 76.9 cm³/mol. The summed E-state index contributed by atoms with van der Waals surface area (Å²) in [6, 6.07) is 3.77. The van der Waals surface area contributed by atoms with Crippen molar-refractivity contribution in [1.29, 1.82) is 0 Å². The third-order valence-electron chi connectivity index (χ3n) is 1.88. The molecule has 5 heteroatoms. The maximum Gasteiger partial charge on any atom is 0.235 e. The topological polar surface area (TPSA) is 42.0 Å². The highest BCUT2D eigenvalue weighted by atomic mass is 32.2. The molecule has 0 atom stereocenters. The van der Waals surface area contributed by atoms with Crippen LogP contribution >= 0.6 is 23.5 Å². The van der Waals surface area contributed by atoms with Crippen LogP contribution in [0.15, 0.2) is 23.2 Å². The van der Waals surface area contributed by atoms with Gasteiger partial charge < -0.3 is 5.32 Å². The van der Waals surface area contributed by atoms with E-state index in [1.165, 1.54) is 0 Å². The van der Waals surface area contributed by atoms with E-state index in [2.05, 4.69) is 31.1 Å². The van der Waals surface area contributed by atoms with Crippen LogP contribution in [0, 0.1) is 0 Å². The largest absolute Gasteiger partial charge is 0.310 e. The monoisotopic (exact) mass is 270 g/mol. The second-order valence-electron chi connectivity index (χ2n) is 4.53. The zero-order valence-corrected chi connectivity index (χ0v) is 12.2. The molecule has 1 heterocycles. The number of amides is 1. The number of aromatic nitrogens is 1. The van der Waals surface area contributed by atoms with Crippen molar-refractivity contribution >= 4 is 35.2 Å². The fraction of sp³-hybridized carbons (Fsp3) is 0.500. The number of nitrogens with one attached hydrogen (secondary N) is 1. The van der Waals surface area contributed by atoms with E-state index in [1.807, 2.05) is 18.4 Å². The van der Waals surface area contributed by atoms with Gasteiger partial charge in [0.1, 0.15) is 5.82 Å². The molecule has 0 aliphatic rings. The summed E-state index contributed by atoms with van der Waals surface area (Å²) in [6.07, 6.45) is 3.76. The van der Waals surface area contributed by atoms with Crippen molar-refractivity contribution in [3.05, 3.63) is 18.3 Å². The lowest BCUT2D eigenvalue weighted by molar-refractivity contribution is -0.113. The smallest absolute Gasteiger partial charge is 0.235 e. The minimum atomic E-state index is -0.00525. The van der Waals surface area contributed by atoms with E-state index in [0.717, 1.165) is 4.90 Å². The van der Waals surface area contributed by atoms with Crippen molar-refractivity contribution in [2.45, 2.75) is 30.4 Å². The molecule has 0 unspecified atom stereocenters. The molecule has 0 spiro atoms. The van der Waals surface area contributed by atoms with Gasteiger partial charge in [0.2, 0.25) is 5.91 Å². The van der Waals surface area contributed by atoms with Gasteiger partial charge in [-0.1, -0.05) is 20.8 Å². The van der Waals surface area contributed by atoms with Crippen LogP contribution in [-0.2, 0) is 4.79 Å². The Balaban J connectivity index is 2.45. The van der Waals surface area contributed by atoms with E-state index >= 15 is 0 Å². The molecule has 94 valence electrons. The Morgan fingerprint density at radius 3 is 2.59 bits per heavy atom. The molecule has 1 aromatic rings. The molecule has 1 rings (SSSR count). The molecule has 0 aliphatic heterocycles. The minimum absolute atomic E-state index is 0.00525. The maximum atomic E-state index is 11.6. The maximum absolute atomic E-state index is 11.6. The molecule has 1 aromatic heterocycles. The second-order valence-corrected chi connectivity index (χ2v) is 7.21. The molecule has 1 amide bonds. The lowest BCUT2D eigenvalue weighted by Gasteiger charge is -2.16. The van der Waals surface area contributed by atoms with E-state index < -0.39 is 0 Å². The number of anilines is 1. The fourth-order valence-corrected chi connectivity index (χ4v) is 2.03. The molecule has 3 nitrogen and oxygen atoms in total. The number of hydrogen-bond donors (Lipinski definition) is 1.